The molecule has 2 heterocycles. The van der Waals surface area contributed by atoms with Gasteiger partial charge in [0, 0.05) is 18.8 Å². The molecule has 29 heavy (non-hydrogen) atoms. The van der Waals surface area contributed by atoms with Crippen LogP contribution in [0.4, 0.5) is 0 Å². The number of para-hydroxylation sites is 1. The van der Waals surface area contributed by atoms with Crippen molar-refractivity contribution in [3.05, 3.63) is 59.9 Å². The topological polar surface area (TPSA) is 82.4 Å². The third-order valence-corrected chi connectivity index (χ3v) is 4.96. The maximum absolute atomic E-state index is 12.4. The third-order valence-electron chi connectivity index (χ3n) is 4.96. The van der Waals surface area contributed by atoms with Crippen molar-refractivity contribution in [2.24, 2.45) is 0 Å². The number of benzene rings is 2. The smallest absolute Gasteiger partial charge is 0.338 e. The van der Waals surface area contributed by atoms with Crippen molar-refractivity contribution in [2.45, 2.75) is 25.9 Å². The second-order valence-corrected chi connectivity index (χ2v) is 7.05. The van der Waals surface area contributed by atoms with Crippen LogP contribution in [0, 0.1) is 6.92 Å². The molecule has 1 unspecified atom stereocenters. The van der Waals surface area contributed by atoms with Crippen molar-refractivity contribution in [1.29, 1.82) is 0 Å². The Morgan fingerprint density at radius 1 is 1.24 bits per heavy atom. The lowest BCUT2D eigenvalue weighted by Crippen LogP contribution is -2.34. The molecule has 1 fully saturated rings. The lowest BCUT2D eigenvalue weighted by atomic mass is 10.2. The van der Waals surface area contributed by atoms with Gasteiger partial charge in [-0.3, -0.25) is 9.36 Å². The van der Waals surface area contributed by atoms with Crippen molar-refractivity contribution in [2.75, 3.05) is 19.8 Å². The van der Waals surface area contributed by atoms with E-state index in [1.165, 1.54) is 0 Å². The first-order chi connectivity index (χ1) is 14.1. The minimum Gasteiger partial charge on any atom is -0.452 e. The first-order valence-electron chi connectivity index (χ1n) is 9.72. The van der Waals surface area contributed by atoms with Crippen LogP contribution in [0.15, 0.2) is 48.5 Å². The summed E-state index contributed by atoms with van der Waals surface area (Å²) < 4.78 is 12.6. The summed E-state index contributed by atoms with van der Waals surface area (Å²) in [4.78, 5) is 28.8. The average molecular weight is 393 g/mol. The highest BCUT2D eigenvalue weighted by Gasteiger charge is 2.18. The number of hydrogen-bond donors (Lipinski definition) is 1. The number of carbonyl (C=O) groups is 2. The largest absolute Gasteiger partial charge is 0.452 e. The van der Waals surface area contributed by atoms with Gasteiger partial charge in [-0.2, -0.15) is 0 Å². The summed E-state index contributed by atoms with van der Waals surface area (Å²) >= 11 is 0. The number of fused-ring (bicyclic) bond motifs is 1. The molecule has 0 spiro atoms. The summed E-state index contributed by atoms with van der Waals surface area (Å²) in [5, 5.41) is 2.73. The number of imidazole rings is 1. The minimum absolute atomic E-state index is 0.0556. The van der Waals surface area contributed by atoms with Crippen molar-refractivity contribution in [1.82, 2.24) is 14.9 Å². The number of hydrogen-bond acceptors (Lipinski definition) is 5. The van der Waals surface area contributed by atoms with E-state index in [0.717, 1.165) is 36.5 Å². The molecule has 1 atom stereocenters. The minimum atomic E-state index is -0.550. The molecule has 7 heteroatoms. The van der Waals surface area contributed by atoms with Gasteiger partial charge in [-0.1, -0.05) is 18.2 Å². The van der Waals surface area contributed by atoms with E-state index in [9.17, 15) is 9.59 Å². The zero-order chi connectivity index (χ0) is 20.2. The molecule has 7 nitrogen and oxygen atoms in total. The maximum atomic E-state index is 12.4. The predicted molar refractivity (Wildman–Crippen MR) is 108 cm³/mol. The van der Waals surface area contributed by atoms with Gasteiger partial charge in [0.15, 0.2) is 6.61 Å². The number of rotatable bonds is 6. The summed E-state index contributed by atoms with van der Waals surface area (Å²) in [7, 11) is 0. The quantitative estimate of drug-likeness (QED) is 0.651. The Kier molecular flexibility index (Phi) is 5.57. The van der Waals surface area contributed by atoms with Gasteiger partial charge >= 0.3 is 5.97 Å². The molecule has 1 amide bonds. The molecule has 1 aliphatic heterocycles. The van der Waals surface area contributed by atoms with Gasteiger partial charge in [-0.25, -0.2) is 9.78 Å². The van der Waals surface area contributed by atoms with Crippen LogP contribution in [-0.2, 0) is 14.3 Å². The van der Waals surface area contributed by atoms with Crippen LogP contribution in [0.2, 0.25) is 0 Å². The highest BCUT2D eigenvalue weighted by atomic mass is 16.5. The van der Waals surface area contributed by atoms with Gasteiger partial charge in [-0.15, -0.1) is 0 Å². The molecular weight excluding hydrogens is 370 g/mol. The Bertz CT molecular complexity index is 1020. The fourth-order valence-electron chi connectivity index (χ4n) is 3.53. The van der Waals surface area contributed by atoms with E-state index < -0.39 is 5.97 Å². The number of ether oxygens (including phenoxy) is 2. The van der Waals surface area contributed by atoms with Gasteiger partial charge < -0.3 is 14.8 Å². The van der Waals surface area contributed by atoms with Crippen molar-refractivity contribution in [3.8, 4) is 5.69 Å². The molecule has 0 aliphatic carbocycles. The number of amides is 1. The highest BCUT2D eigenvalue weighted by molar-refractivity contribution is 5.95. The van der Waals surface area contributed by atoms with E-state index in [0.29, 0.717) is 17.6 Å². The first-order valence-corrected chi connectivity index (χ1v) is 9.72. The summed E-state index contributed by atoms with van der Waals surface area (Å²) in [6.45, 7) is 2.78. The van der Waals surface area contributed by atoms with Crippen LogP contribution in [0.25, 0.3) is 16.7 Å². The average Bonchev–Trinajstić information content (AvgIpc) is 3.37. The van der Waals surface area contributed by atoms with E-state index in [2.05, 4.69) is 10.3 Å². The Morgan fingerprint density at radius 2 is 2.07 bits per heavy atom. The second kappa shape index (κ2) is 8.45. The summed E-state index contributed by atoms with van der Waals surface area (Å²) in [5.74, 6) is -0.0598. The fourth-order valence-corrected chi connectivity index (χ4v) is 3.53. The lowest BCUT2D eigenvalue weighted by Gasteiger charge is -2.11. The number of nitrogens with zero attached hydrogens (tertiary/aromatic N) is 2. The molecule has 1 aromatic heterocycles. The van der Waals surface area contributed by atoms with Crippen molar-refractivity contribution < 1.29 is 19.1 Å². The van der Waals surface area contributed by atoms with Crippen LogP contribution < -0.4 is 5.32 Å². The second-order valence-electron chi connectivity index (χ2n) is 7.05. The van der Waals surface area contributed by atoms with Crippen molar-refractivity contribution >= 4 is 22.9 Å². The summed E-state index contributed by atoms with van der Waals surface area (Å²) in [6, 6.07) is 15.1. The van der Waals surface area contributed by atoms with Gasteiger partial charge in [0.2, 0.25) is 0 Å². The molecule has 0 bridgehead atoms. The number of aryl methyl sites for hydroxylation is 1. The molecule has 2 aromatic carbocycles. The molecule has 0 saturated carbocycles. The van der Waals surface area contributed by atoms with E-state index in [-0.39, 0.29) is 18.6 Å². The van der Waals surface area contributed by atoms with Crippen molar-refractivity contribution in [3.63, 3.8) is 0 Å². The van der Waals surface area contributed by atoms with Gasteiger partial charge in [-0.05, 0) is 50.1 Å². The van der Waals surface area contributed by atoms with Gasteiger partial charge in [0.05, 0.1) is 22.7 Å². The Labute approximate surface area is 168 Å². The molecule has 1 aliphatic rings. The first kappa shape index (κ1) is 19.1. The lowest BCUT2D eigenvalue weighted by molar-refractivity contribution is -0.124. The zero-order valence-electron chi connectivity index (χ0n) is 16.3. The Morgan fingerprint density at radius 3 is 2.83 bits per heavy atom. The number of aromatic nitrogens is 2. The molecule has 4 rings (SSSR count). The van der Waals surface area contributed by atoms with E-state index in [4.69, 9.17) is 9.47 Å². The number of carbonyl (C=O) groups excluding carboxylic acids is 2. The summed E-state index contributed by atoms with van der Waals surface area (Å²) in [6.07, 6.45) is 2.01. The molecule has 1 N–H and O–H groups in total. The third kappa shape index (κ3) is 4.30. The molecule has 1 saturated heterocycles. The molecular formula is C22H23N3O4. The molecule has 3 aromatic rings. The van der Waals surface area contributed by atoms with Crippen LogP contribution in [0.1, 0.15) is 29.0 Å². The van der Waals surface area contributed by atoms with E-state index in [1.807, 2.05) is 47.9 Å². The Balaban J connectivity index is 1.41. The Hall–Kier alpha value is -3.19. The van der Waals surface area contributed by atoms with Crippen LogP contribution in [-0.4, -0.2) is 47.3 Å². The zero-order valence-corrected chi connectivity index (χ0v) is 16.3. The number of esters is 1. The highest BCUT2D eigenvalue weighted by Crippen LogP contribution is 2.22. The number of nitrogens with one attached hydrogen (secondary N) is 1. The standard InChI is InChI=1S/C22H23N3O4/c1-15-24-19-12-16(9-10-20(19)25(15)17-6-3-2-4-7-17)22(27)29-14-21(26)23-13-18-8-5-11-28-18/h2-4,6-7,9-10,12,18H,5,8,11,13-14H2,1H3,(H,23,26). The van der Waals surface area contributed by atoms with Crippen LogP contribution in [0.3, 0.4) is 0 Å². The monoisotopic (exact) mass is 393 g/mol. The predicted octanol–water partition coefficient (Wildman–Crippen LogP) is 2.79. The molecule has 150 valence electrons. The normalized spacial score (nSPS) is 16.1. The van der Waals surface area contributed by atoms with Gasteiger partial charge in [0.1, 0.15) is 5.82 Å². The van der Waals surface area contributed by atoms with Crippen LogP contribution >= 0.6 is 0 Å². The fraction of sp³-hybridized carbons (Fsp3) is 0.318. The van der Waals surface area contributed by atoms with Crippen LogP contribution in [0.5, 0.6) is 0 Å². The van der Waals surface area contributed by atoms with Gasteiger partial charge in [0.25, 0.3) is 5.91 Å². The molecule has 0 radical (unpaired) electrons. The SMILES string of the molecule is Cc1nc2cc(C(=O)OCC(=O)NCC3CCCO3)ccc2n1-c1ccccc1. The van der Waals surface area contributed by atoms with E-state index >= 15 is 0 Å². The summed E-state index contributed by atoms with van der Waals surface area (Å²) in [5.41, 5.74) is 2.97. The van der Waals surface area contributed by atoms with E-state index in [1.54, 1.807) is 12.1 Å². The maximum Gasteiger partial charge on any atom is 0.338 e.